The highest BCUT2D eigenvalue weighted by Crippen LogP contribution is 2.55. The number of fused-ring (bicyclic) bond motifs is 4. The number of piperidine rings is 1. The molecule has 0 radical (unpaired) electrons. The highest BCUT2D eigenvalue weighted by molar-refractivity contribution is 5.68. The maximum atomic E-state index is 13.4. The van der Waals surface area contributed by atoms with E-state index in [1.54, 1.807) is 17.0 Å². The molecule has 38 heavy (non-hydrogen) atoms. The second kappa shape index (κ2) is 9.36. The predicted molar refractivity (Wildman–Crippen MR) is 134 cm³/mol. The molecule has 3 heterocycles. The smallest absolute Gasteiger partial charge is 0.416 e. The molecule has 3 aliphatic heterocycles. The standard InChI is InChI=1S/C29H34F3NO5/c1-27(2,3)38-26(35)33-12-11-23-18(16-33)14-21-24(36-23)20-9-6-10-22(34)25(20)37-28(21,4)15-17-7-5-8-19(13-17)29(30,31)32/h5-10,13,18,21,23-24,34H,11-12,14-16H2,1-4H3/t18-,21+,23+,24-,28+/m1/s1. The summed E-state index contributed by atoms with van der Waals surface area (Å²) < 4.78 is 59.0. The molecule has 0 saturated carbocycles. The van der Waals surface area contributed by atoms with E-state index in [9.17, 15) is 23.1 Å². The summed E-state index contributed by atoms with van der Waals surface area (Å²) in [5.41, 5.74) is -1.05. The van der Waals surface area contributed by atoms with Crippen molar-refractivity contribution >= 4 is 6.09 Å². The molecule has 2 saturated heterocycles. The number of likely N-dealkylation sites (tertiary alicyclic amines) is 1. The van der Waals surface area contributed by atoms with Gasteiger partial charge in [-0.3, -0.25) is 0 Å². The Morgan fingerprint density at radius 1 is 1.18 bits per heavy atom. The van der Waals surface area contributed by atoms with Gasteiger partial charge in [-0.1, -0.05) is 30.3 Å². The molecule has 2 aromatic carbocycles. The van der Waals surface area contributed by atoms with Crippen molar-refractivity contribution in [2.24, 2.45) is 11.8 Å². The van der Waals surface area contributed by atoms with Crippen molar-refractivity contribution in [2.75, 3.05) is 13.1 Å². The summed E-state index contributed by atoms with van der Waals surface area (Å²) in [7, 11) is 0. The molecule has 0 aromatic heterocycles. The number of aromatic hydroxyl groups is 1. The minimum atomic E-state index is -4.45. The lowest BCUT2D eigenvalue weighted by molar-refractivity contribution is -0.189. The van der Waals surface area contributed by atoms with Gasteiger partial charge in [0.2, 0.25) is 0 Å². The number of phenolic OH excluding ortho intramolecular Hbond substituents is 1. The third kappa shape index (κ3) is 5.17. The third-order valence-electron chi connectivity index (χ3n) is 7.82. The van der Waals surface area contributed by atoms with Crippen LogP contribution in [0.1, 0.15) is 63.3 Å². The van der Waals surface area contributed by atoms with Crippen LogP contribution in [-0.2, 0) is 22.1 Å². The fraction of sp³-hybridized carbons (Fsp3) is 0.552. The highest BCUT2D eigenvalue weighted by atomic mass is 19.4. The lowest BCUT2D eigenvalue weighted by Crippen LogP contribution is -2.57. The van der Waals surface area contributed by atoms with Crippen LogP contribution in [0.5, 0.6) is 11.5 Å². The monoisotopic (exact) mass is 533 g/mol. The Kier molecular flexibility index (Phi) is 6.57. The van der Waals surface area contributed by atoms with Gasteiger partial charge >= 0.3 is 12.3 Å². The number of alkyl halides is 3. The van der Waals surface area contributed by atoms with Crippen LogP contribution >= 0.6 is 0 Å². The summed E-state index contributed by atoms with van der Waals surface area (Å²) in [6, 6.07) is 10.4. The summed E-state index contributed by atoms with van der Waals surface area (Å²) in [6.45, 7) is 8.35. The first kappa shape index (κ1) is 26.7. The third-order valence-corrected chi connectivity index (χ3v) is 7.82. The predicted octanol–water partition coefficient (Wildman–Crippen LogP) is 6.51. The lowest BCUT2D eigenvalue weighted by Gasteiger charge is -2.54. The van der Waals surface area contributed by atoms with E-state index in [0.29, 0.717) is 37.2 Å². The highest BCUT2D eigenvalue weighted by Gasteiger charge is 2.54. The number of ether oxygens (including phenoxy) is 3. The number of phenols is 1. The Morgan fingerprint density at radius 3 is 2.63 bits per heavy atom. The fourth-order valence-corrected chi connectivity index (χ4v) is 6.12. The van der Waals surface area contributed by atoms with E-state index in [0.717, 1.165) is 17.7 Å². The van der Waals surface area contributed by atoms with Crippen LogP contribution in [-0.4, -0.2) is 46.5 Å². The molecular formula is C29H34F3NO5. The molecule has 206 valence electrons. The molecule has 0 spiro atoms. The Morgan fingerprint density at radius 2 is 1.92 bits per heavy atom. The maximum absolute atomic E-state index is 13.4. The van der Waals surface area contributed by atoms with Crippen LogP contribution in [0.2, 0.25) is 0 Å². The fourth-order valence-electron chi connectivity index (χ4n) is 6.12. The zero-order valence-corrected chi connectivity index (χ0v) is 22.0. The van der Waals surface area contributed by atoms with Crippen molar-refractivity contribution in [3.63, 3.8) is 0 Å². The largest absolute Gasteiger partial charge is 0.504 e. The van der Waals surface area contributed by atoms with E-state index in [1.807, 2.05) is 33.8 Å². The number of nitrogens with zero attached hydrogens (tertiary/aromatic N) is 1. The van der Waals surface area contributed by atoms with Gasteiger partial charge in [-0.05, 0) is 58.2 Å². The van der Waals surface area contributed by atoms with Gasteiger partial charge in [-0.25, -0.2) is 4.79 Å². The van der Waals surface area contributed by atoms with E-state index in [-0.39, 0.29) is 36.2 Å². The van der Waals surface area contributed by atoms with E-state index in [1.165, 1.54) is 12.1 Å². The second-order valence-corrected chi connectivity index (χ2v) is 11.9. The van der Waals surface area contributed by atoms with Crippen LogP contribution in [0.25, 0.3) is 0 Å². The first-order chi connectivity index (χ1) is 17.7. The molecule has 0 aliphatic carbocycles. The van der Waals surface area contributed by atoms with Crippen molar-refractivity contribution < 1.29 is 37.3 Å². The van der Waals surface area contributed by atoms with Gasteiger partial charge < -0.3 is 24.2 Å². The molecule has 5 atom stereocenters. The first-order valence-electron chi connectivity index (χ1n) is 13.0. The van der Waals surface area contributed by atoms with E-state index < -0.39 is 29.0 Å². The van der Waals surface area contributed by atoms with Gasteiger partial charge in [-0.15, -0.1) is 0 Å². The number of hydrogen-bond donors (Lipinski definition) is 1. The number of para-hydroxylation sites is 1. The minimum Gasteiger partial charge on any atom is -0.504 e. The van der Waals surface area contributed by atoms with Gasteiger partial charge in [0.25, 0.3) is 0 Å². The lowest BCUT2D eigenvalue weighted by atomic mass is 9.68. The van der Waals surface area contributed by atoms with E-state index in [2.05, 4.69) is 0 Å². The van der Waals surface area contributed by atoms with Gasteiger partial charge in [-0.2, -0.15) is 13.2 Å². The topological polar surface area (TPSA) is 68.2 Å². The van der Waals surface area contributed by atoms with Gasteiger partial charge in [0, 0.05) is 36.9 Å². The summed E-state index contributed by atoms with van der Waals surface area (Å²) in [4.78, 5) is 14.5. The quantitative estimate of drug-likeness (QED) is 0.477. The zero-order chi connectivity index (χ0) is 27.5. The number of halogens is 3. The maximum Gasteiger partial charge on any atom is 0.416 e. The van der Waals surface area contributed by atoms with Crippen LogP contribution in [0.4, 0.5) is 18.0 Å². The molecule has 9 heteroatoms. The zero-order valence-electron chi connectivity index (χ0n) is 22.0. The minimum absolute atomic E-state index is 0.0146. The Labute approximate surface area is 220 Å². The molecular weight excluding hydrogens is 499 g/mol. The summed E-state index contributed by atoms with van der Waals surface area (Å²) in [5, 5.41) is 10.6. The number of rotatable bonds is 2. The Balaban J connectivity index is 1.46. The molecule has 0 bridgehead atoms. The molecule has 1 amide bonds. The number of carbonyl (C=O) groups is 1. The van der Waals surface area contributed by atoms with E-state index >= 15 is 0 Å². The Bertz CT molecular complexity index is 1210. The second-order valence-electron chi connectivity index (χ2n) is 11.9. The number of benzene rings is 2. The first-order valence-corrected chi connectivity index (χ1v) is 13.0. The van der Waals surface area contributed by atoms with Gasteiger partial charge in [0.15, 0.2) is 11.5 Å². The number of carbonyl (C=O) groups excluding carboxylic acids is 1. The summed E-state index contributed by atoms with van der Waals surface area (Å²) in [5.74, 6) is 0.0848. The van der Waals surface area contributed by atoms with Crippen molar-refractivity contribution in [2.45, 2.75) is 76.5 Å². The van der Waals surface area contributed by atoms with Crippen molar-refractivity contribution in [1.29, 1.82) is 0 Å². The molecule has 3 aliphatic rings. The SMILES string of the molecule is CC(C)(C)OC(=O)N1CC[C@@H]2O[C@@H]3c4cccc(O)c4O[C@@](C)(Cc4cccc(C(F)(F)F)c4)[C@H]3C[C@@H]2C1. The Hall–Kier alpha value is -2.94. The van der Waals surface area contributed by atoms with E-state index in [4.69, 9.17) is 14.2 Å². The molecule has 0 unspecified atom stereocenters. The van der Waals surface area contributed by atoms with Crippen LogP contribution in [0.3, 0.4) is 0 Å². The summed E-state index contributed by atoms with van der Waals surface area (Å²) in [6.07, 6.45) is -3.81. The van der Waals surface area contributed by atoms with Gasteiger partial charge in [0.05, 0.1) is 17.8 Å². The van der Waals surface area contributed by atoms with Crippen molar-refractivity contribution in [1.82, 2.24) is 4.90 Å². The number of amides is 1. The van der Waals surface area contributed by atoms with Crippen molar-refractivity contribution in [3.05, 3.63) is 59.2 Å². The molecule has 5 rings (SSSR count). The van der Waals surface area contributed by atoms with Crippen LogP contribution in [0, 0.1) is 11.8 Å². The van der Waals surface area contributed by atoms with Crippen LogP contribution in [0.15, 0.2) is 42.5 Å². The number of hydrogen-bond acceptors (Lipinski definition) is 5. The normalized spacial score (nSPS) is 29.0. The molecule has 2 fully saturated rings. The average molecular weight is 534 g/mol. The average Bonchev–Trinajstić information content (AvgIpc) is 2.82. The molecule has 6 nitrogen and oxygen atoms in total. The summed E-state index contributed by atoms with van der Waals surface area (Å²) >= 11 is 0. The van der Waals surface area contributed by atoms with Gasteiger partial charge in [0.1, 0.15) is 11.2 Å². The molecule has 1 N–H and O–H groups in total. The van der Waals surface area contributed by atoms with Crippen molar-refractivity contribution in [3.8, 4) is 11.5 Å². The van der Waals surface area contributed by atoms with Crippen LogP contribution < -0.4 is 4.74 Å². The molecule has 2 aromatic rings.